The number of thioether (sulfide) groups is 1. The molecule has 0 fully saturated rings. The van der Waals surface area contributed by atoms with E-state index >= 15 is 0 Å². The minimum Gasteiger partial charge on any atom is -0.350 e. The van der Waals surface area contributed by atoms with Gasteiger partial charge in [-0.2, -0.15) is 18.3 Å². The second-order valence-electron chi connectivity index (χ2n) is 6.16. The van der Waals surface area contributed by atoms with Crippen molar-refractivity contribution < 1.29 is 18.0 Å². The van der Waals surface area contributed by atoms with Gasteiger partial charge in [0.25, 0.3) is 5.91 Å². The summed E-state index contributed by atoms with van der Waals surface area (Å²) in [6.07, 6.45) is 0.0841. The lowest BCUT2D eigenvalue weighted by Crippen LogP contribution is -2.28. The van der Waals surface area contributed by atoms with Gasteiger partial charge in [-0.25, -0.2) is 0 Å². The van der Waals surface area contributed by atoms with Gasteiger partial charge in [0, 0.05) is 22.7 Å². The van der Waals surface area contributed by atoms with E-state index in [9.17, 15) is 18.0 Å². The number of benzene rings is 1. The van der Waals surface area contributed by atoms with E-state index in [-0.39, 0.29) is 19.0 Å². The molecule has 1 heterocycles. The van der Waals surface area contributed by atoms with E-state index in [0.29, 0.717) is 29.7 Å². The molecule has 1 aliphatic carbocycles. The third kappa shape index (κ3) is 3.90. The van der Waals surface area contributed by atoms with Crippen molar-refractivity contribution in [3.8, 4) is 0 Å². The van der Waals surface area contributed by atoms with Crippen LogP contribution in [0.15, 0.2) is 29.2 Å². The summed E-state index contributed by atoms with van der Waals surface area (Å²) in [5.74, 6) is -0.230. The summed E-state index contributed by atoms with van der Waals surface area (Å²) in [7, 11) is 0. The molecule has 0 aliphatic heterocycles. The lowest BCUT2D eigenvalue weighted by Gasteiger charge is -2.15. The molecule has 0 saturated carbocycles. The van der Waals surface area contributed by atoms with Gasteiger partial charge >= 0.3 is 6.18 Å². The number of aromatic nitrogens is 2. The van der Waals surface area contributed by atoms with Gasteiger partial charge in [0.2, 0.25) is 0 Å². The lowest BCUT2D eigenvalue weighted by atomic mass is 9.95. The van der Waals surface area contributed by atoms with Crippen LogP contribution in [-0.2, 0) is 25.6 Å². The molecule has 3 rings (SSSR count). The van der Waals surface area contributed by atoms with E-state index in [2.05, 4.69) is 10.4 Å². The number of carbonyl (C=O) groups is 1. The highest BCUT2D eigenvalue weighted by Gasteiger charge is 2.39. The molecule has 2 aromatic rings. The molecule has 8 heteroatoms. The number of rotatable bonds is 5. The number of halogens is 3. The van der Waals surface area contributed by atoms with Crippen LogP contribution >= 0.6 is 11.8 Å². The van der Waals surface area contributed by atoms with Gasteiger partial charge < -0.3 is 5.32 Å². The molecule has 4 nitrogen and oxygen atoms in total. The Morgan fingerprint density at radius 2 is 2.00 bits per heavy atom. The number of hydrogen-bond donors (Lipinski definition) is 1. The summed E-state index contributed by atoms with van der Waals surface area (Å²) in [5.41, 5.74) is 0.773. The predicted molar refractivity (Wildman–Crippen MR) is 94.4 cm³/mol. The number of hydrogen-bond acceptors (Lipinski definition) is 3. The molecule has 1 aromatic carbocycles. The molecule has 1 aliphatic rings. The normalized spacial score (nSPS) is 14.2. The first-order chi connectivity index (χ1) is 12.4. The average Bonchev–Trinajstić information content (AvgIpc) is 3.01. The molecule has 0 bridgehead atoms. The number of fused-ring (bicyclic) bond motifs is 1. The van der Waals surface area contributed by atoms with Gasteiger partial charge in [0.15, 0.2) is 5.69 Å². The fourth-order valence-electron chi connectivity index (χ4n) is 3.29. The van der Waals surface area contributed by atoms with Crippen molar-refractivity contribution in [3.05, 3.63) is 46.8 Å². The standard InChI is InChI=1S/C18H20F3N3OS/c1-26-15-9-5-3-7-13(15)17(25)22-10-11-24-14-8-4-2-6-12(14)16(23-24)18(19,20)21/h3,5,7,9H,2,4,6,8,10-11H2,1H3,(H,22,25). The maximum atomic E-state index is 13.2. The zero-order chi connectivity index (χ0) is 18.7. The van der Waals surface area contributed by atoms with Gasteiger partial charge in [0.05, 0.1) is 12.1 Å². The number of nitrogens with zero attached hydrogens (tertiary/aromatic N) is 2. The van der Waals surface area contributed by atoms with E-state index in [4.69, 9.17) is 0 Å². The molecule has 1 N–H and O–H groups in total. The van der Waals surface area contributed by atoms with Crippen molar-refractivity contribution in [2.75, 3.05) is 12.8 Å². The Balaban J connectivity index is 1.70. The van der Waals surface area contributed by atoms with Gasteiger partial charge in [-0.3, -0.25) is 9.48 Å². The molecule has 0 atom stereocenters. The number of nitrogens with one attached hydrogen (secondary N) is 1. The second-order valence-corrected chi connectivity index (χ2v) is 7.01. The Bertz CT molecular complexity index is 801. The zero-order valence-electron chi connectivity index (χ0n) is 14.4. The van der Waals surface area contributed by atoms with E-state index in [1.54, 1.807) is 12.1 Å². The number of carbonyl (C=O) groups excluding carboxylic acids is 1. The molecule has 0 unspecified atom stereocenters. The third-order valence-corrected chi connectivity index (χ3v) is 5.28. The number of alkyl halides is 3. The van der Waals surface area contributed by atoms with Crippen molar-refractivity contribution in [3.63, 3.8) is 0 Å². The van der Waals surface area contributed by atoms with Crippen LogP contribution in [0.4, 0.5) is 13.2 Å². The van der Waals surface area contributed by atoms with Gasteiger partial charge in [-0.05, 0) is 44.1 Å². The van der Waals surface area contributed by atoms with Crippen LogP contribution in [0.2, 0.25) is 0 Å². The molecule has 0 radical (unpaired) electrons. The lowest BCUT2D eigenvalue weighted by molar-refractivity contribution is -0.142. The predicted octanol–water partition coefficient (Wildman–Crippen LogP) is 3.93. The molecule has 26 heavy (non-hydrogen) atoms. The minimum atomic E-state index is -4.44. The summed E-state index contributed by atoms with van der Waals surface area (Å²) < 4.78 is 41.0. The molecule has 140 valence electrons. The van der Waals surface area contributed by atoms with E-state index in [1.165, 1.54) is 16.4 Å². The molecule has 1 amide bonds. The molecule has 1 aromatic heterocycles. The summed E-state index contributed by atoms with van der Waals surface area (Å²) in [6, 6.07) is 7.24. The Morgan fingerprint density at radius 1 is 1.27 bits per heavy atom. The summed E-state index contributed by atoms with van der Waals surface area (Å²) in [5, 5.41) is 6.59. The Labute approximate surface area is 154 Å². The van der Waals surface area contributed by atoms with Crippen molar-refractivity contribution >= 4 is 17.7 Å². The van der Waals surface area contributed by atoms with Crippen molar-refractivity contribution in [1.29, 1.82) is 0 Å². The molecular weight excluding hydrogens is 363 g/mol. The fourth-order valence-corrected chi connectivity index (χ4v) is 3.88. The summed E-state index contributed by atoms with van der Waals surface area (Å²) in [6.45, 7) is 0.457. The van der Waals surface area contributed by atoms with Crippen LogP contribution in [0.5, 0.6) is 0 Å². The van der Waals surface area contributed by atoms with Crippen LogP contribution in [0.1, 0.15) is 40.2 Å². The molecule has 0 saturated heterocycles. The van der Waals surface area contributed by atoms with Gasteiger partial charge in [-0.1, -0.05) is 12.1 Å². The average molecular weight is 383 g/mol. The van der Waals surface area contributed by atoms with Crippen LogP contribution < -0.4 is 5.32 Å². The quantitative estimate of drug-likeness (QED) is 0.796. The minimum absolute atomic E-state index is 0.228. The fraction of sp³-hybridized carbons (Fsp3) is 0.444. The van der Waals surface area contributed by atoms with Crippen LogP contribution in [0.25, 0.3) is 0 Å². The monoisotopic (exact) mass is 383 g/mol. The summed E-state index contributed by atoms with van der Waals surface area (Å²) >= 11 is 1.47. The highest BCUT2D eigenvalue weighted by molar-refractivity contribution is 7.98. The maximum absolute atomic E-state index is 13.2. The maximum Gasteiger partial charge on any atom is 0.435 e. The van der Waals surface area contributed by atoms with Crippen LogP contribution in [0.3, 0.4) is 0 Å². The van der Waals surface area contributed by atoms with Gasteiger partial charge in [-0.15, -0.1) is 11.8 Å². The topological polar surface area (TPSA) is 46.9 Å². The zero-order valence-corrected chi connectivity index (χ0v) is 15.2. The summed E-state index contributed by atoms with van der Waals surface area (Å²) in [4.78, 5) is 13.2. The Morgan fingerprint density at radius 3 is 2.73 bits per heavy atom. The van der Waals surface area contributed by atoms with Crippen LogP contribution in [-0.4, -0.2) is 28.5 Å². The number of amides is 1. The smallest absolute Gasteiger partial charge is 0.350 e. The van der Waals surface area contributed by atoms with E-state index in [1.807, 2.05) is 18.4 Å². The van der Waals surface area contributed by atoms with Crippen molar-refractivity contribution in [2.45, 2.75) is 43.3 Å². The van der Waals surface area contributed by atoms with Crippen molar-refractivity contribution in [2.24, 2.45) is 0 Å². The van der Waals surface area contributed by atoms with E-state index in [0.717, 1.165) is 17.7 Å². The Kier molecular flexibility index (Phi) is 5.60. The van der Waals surface area contributed by atoms with Crippen LogP contribution in [0, 0.1) is 0 Å². The highest BCUT2D eigenvalue weighted by Crippen LogP contribution is 2.35. The SMILES string of the molecule is CSc1ccccc1C(=O)NCCn1nc(C(F)(F)F)c2c1CCCC2. The van der Waals surface area contributed by atoms with Gasteiger partial charge in [0.1, 0.15) is 0 Å². The van der Waals surface area contributed by atoms with Crippen molar-refractivity contribution in [1.82, 2.24) is 15.1 Å². The largest absolute Gasteiger partial charge is 0.435 e. The second kappa shape index (κ2) is 7.73. The highest BCUT2D eigenvalue weighted by atomic mass is 32.2. The molecule has 0 spiro atoms. The first-order valence-electron chi connectivity index (χ1n) is 8.48. The molecular formula is C18H20F3N3OS. The first kappa shape index (κ1) is 18.8. The first-order valence-corrected chi connectivity index (χ1v) is 9.71. The third-order valence-electron chi connectivity index (χ3n) is 4.49. The van der Waals surface area contributed by atoms with E-state index < -0.39 is 11.9 Å². The Hall–Kier alpha value is -1.96.